The van der Waals surface area contributed by atoms with Crippen molar-refractivity contribution in [3.63, 3.8) is 0 Å². The molecule has 0 saturated carbocycles. The number of benzene rings is 1. The molecule has 4 rings (SSSR count). The van der Waals surface area contributed by atoms with Gasteiger partial charge in [0.1, 0.15) is 17.4 Å². The number of nitrogens with one attached hydrogen (secondary N) is 3. The van der Waals surface area contributed by atoms with Crippen molar-refractivity contribution in [2.45, 2.75) is 31.3 Å². The van der Waals surface area contributed by atoms with Crippen molar-refractivity contribution in [3.8, 4) is 23.0 Å². The van der Waals surface area contributed by atoms with E-state index in [0.29, 0.717) is 34.4 Å². The number of aromatic nitrogens is 7. The number of nitrogens with zero attached hydrogens (tertiary/aromatic N) is 5. The molecule has 0 aliphatic carbocycles. The predicted molar refractivity (Wildman–Crippen MR) is 121 cm³/mol. The first kappa shape index (κ1) is 20.7. The molecule has 4 aromatic rings. The van der Waals surface area contributed by atoms with Gasteiger partial charge in [-0.15, -0.1) is 10.2 Å². The van der Waals surface area contributed by atoms with E-state index >= 15 is 0 Å². The number of thioether (sulfide) groups is 1. The van der Waals surface area contributed by atoms with Gasteiger partial charge in [0.2, 0.25) is 11.8 Å². The van der Waals surface area contributed by atoms with Gasteiger partial charge in [0.15, 0.2) is 11.0 Å². The minimum Gasteiger partial charge on any atom is -0.439 e. The largest absolute Gasteiger partial charge is 0.439 e. The van der Waals surface area contributed by atoms with Gasteiger partial charge < -0.3 is 20.8 Å². The van der Waals surface area contributed by atoms with E-state index in [2.05, 4.69) is 61.4 Å². The summed E-state index contributed by atoms with van der Waals surface area (Å²) in [6, 6.07) is 11.0. The number of H-pyrrole nitrogens is 2. The Balaban J connectivity index is 1.44. The van der Waals surface area contributed by atoms with Crippen LogP contribution in [0.2, 0.25) is 0 Å². The van der Waals surface area contributed by atoms with Crippen LogP contribution in [-0.4, -0.2) is 41.6 Å². The molecule has 10 nitrogen and oxygen atoms in total. The second-order valence-electron chi connectivity index (χ2n) is 7.81. The number of hydrogen-bond donors (Lipinski definition) is 4. The first-order chi connectivity index (χ1) is 14.8. The van der Waals surface area contributed by atoms with Gasteiger partial charge in [-0.25, -0.2) is 4.98 Å². The molecule has 160 valence electrons. The lowest BCUT2D eigenvalue weighted by molar-refractivity contribution is 0.456. The summed E-state index contributed by atoms with van der Waals surface area (Å²) in [5.74, 6) is 3.26. The maximum absolute atomic E-state index is 5.79. The summed E-state index contributed by atoms with van der Waals surface area (Å²) in [6.07, 6.45) is 1.88. The summed E-state index contributed by atoms with van der Waals surface area (Å²) in [7, 11) is 0. The third-order valence-corrected chi connectivity index (χ3v) is 4.87. The molecule has 0 fully saturated rings. The number of nitrogen functional groups attached to an aromatic ring is 1. The molecule has 3 aromatic heterocycles. The van der Waals surface area contributed by atoms with Crippen LogP contribution >= 0.6 is 11.8 Å². The molecule has 0 bridgehead atoms. The van der Waals surface area contributed by atoms with Crippen LogP contribution in [0, 0.1) is 0 Å². The van der Waals surface area contributed by atoms with E-state index in [1.807, 2.05) is 36.6 Å². The van der Waals surface area contributed by atoms with E-state index in [0.717, 1.165) is 17.1 Å². The zero-order chi connectivity index (χ0) is 22.0. The van der Waals surface area contributed by atoms with E-state index in [-0.39, 0.29) is 5.41 Å². The Morgan fingerprint density at radius 2 is 1.84 bits per heavy atom. The first-order valence-corrected chi connectivity index (χ1v) is 10.7. The lowest BCUT2D eigenvalue weighted by atomic mass is 9.92. The minimum atomic E-state index is -0.0404. The van der Waals surface area contributed by atoms with Crippen LogP contribution in [0.25, 0.3) is 11.4 Å². The highest BCUT2D eigenvalue weighted by atomic mass is 32.2. The standard InChI is InChI=1S/C20H23N9OS/c1-20(2,3)13-9-15(27-26-13)23-18-25-17(28-29-18)11-5-7-12(8-6-11)30-16-10-14(21)22-19(24-16)31-4/h5-10H,1-4H3,(H2,21,22,24)(H3,23,25,26,27,28,29). The molecule has 1 aromatic carbocycles. The van der Waals surface area contributed by atoms with Gasteiger partial charge in [0, 0.05) is 23.1 Å². The normalized spacial score (nSPS) is 11.5. The number of rotatable bonds is 6. The highest BCUT2D eigenvalue weighted by Gasteiger charge is 2.18. The lowest BCUT2D eigenvalue weighted by Crippen LogP contribution is -2.11. The Morgan fingerprint density at radius 3 is 2.52 bits per heavy atom. The van der Waals surface area contributed by atoms with Crippen LogP contribution in [-0.2, 0) is 5.41 Å². The molecule has 5 N–H and O–H groups in total. The Kier molecular flexibility index (Phi) is 5.51. The molecule has 0 aliphatic rings. The van der Waals surface area contributed by atoms with Crippen molar-refractivity contribution < 1.29 is 4.74 Å². The van der Waals surface area contributed by atoms with Crippen LogP contribution in [0.15, 0.2) is 41.6 Å². The predicted octanol–water partition coefficient (Wildman–Crippen LogP) is 4.12. The number of ether oxygens (including phenoxy) is 1. The summed E-state index contributed by atoms with van der Waals surface area (Å²) in [5.41, 5.74) is 7.57. The maximum Gasteiger partial charge on any atom is 0.227 e. The molecule has 11 heteroatoms. The average Bonchev–Trinajstić information content (AvgIpc) is 3.38. The van der Waals surface area contributed by atoms with Crippen LogP contribution in [0.4, 0.5) is 17.6 Å². The summed E-state index contributed by atoms with van der Waals surface area (Å²) >= 11 is 1.40. The average molecular weight is 438 g/mol. The summed E-state index contributed by atoms with van der Waals surface area (Å²) < 4.78 is 5.79. The molecule has 3 heterocycles. The fourth-order valence-electron chi connectivity index (χ4n) is 2.71. The third kappa shape index (κ3) is 4.94. The van der Waals surface area contributed by atoms with E-state index in [9.17, 15) is 0 Å². The Bertz CT molecular complexity index is 1180. The zero-order valence-corrected chi connectivity index (χ0v) is 18.4. The molecule has 0 radical (unpaired) electrons. The Morgan fingerprint density at radius 1 is 1.06 bits per heavy atom. The molecular weight excluding hydrogens is 414 g/mol. The fourth-order valence-corrected chi connectivity index (χ4v) is 3.09. The fraction of sp³-hybridized carbons (Fsp3) is 0.250. The van der Waals surface area contributed by atoms with Gasteiger partial charge in [-0.1, -0.05) is 32.5 Å². The second kappa shape index (κ2) is 8.26. The van der Waals surface area contributed by atoms with Crippen LogP contribution < -0.4 is 15.8 Å². The quantitative estimate of drug-likeness (QED) is 0.258. The van der Waals surface area contributed by atoms with Gasteiger partial charge >= 0.3 is 0 Å². The van der Waals surface area contributed by atoms with Gasteiger partial charge in [0.05, 0.1) is 5.69 Å². The number of nitrogens with two attached hydrogens (primary N) is 1. The monoisotopic (exact) mass is 437 g/mol. The number of anilines is 3. The molecule has 0 amide bonds. The lowest BCUT2D eigenvalue weighted by Gasteiger charge is -2.13. The van der Waals surface area contributed by atoms with Gasteiger partial charge in [-0.3, -0.25) is 5.10 Å². The zero-order valence-electron chi connectivity index (χ0n) is 17.6. The smallest absolute Gasteiger partial charge is 0.227 e. The Hall–Kier alpha value is -3.60. The number of aromatic amines is 2. The SMILES string of the molecule is CSc1nc(N)cc(Oc2ccc(-c3nnc(Nc4cc(C(C)(C)C)n[nH]4)[nH]3)cc2)n1. The summed E-state index contributed by atoms with van der Waals surface area (Å²) in [6.45, 7) is 6.32. The van der Waals surface area contributed by atoms with E-state index < -0.39 is 0 Å². The van der Waals surface area contributed by atoms with Gasteiger partial charge in [0.25, 0.3) is 0 Å². The van der Waals surface area contributed by atoms with Crippen molar-refractivity contribution in [2.75, 3.05) is 17.3 Å². The van der Waals surface area contributed by atoms with Crippen LogP contribution in [0.5, 0.6) is 11.6 Å². The van der Waals surface area contributed by atoms with Crippen molar-refractivity contribution in [1.82, 2.24) is 35.3 Å². The van der Waals surface area contributed by atoms with Gasteiger partial charge in [-0.05, 0) is 30.5 Å². The molecule has 0 spiro atoms. The molecule has 0 unspecified atom stereocenters. The highest BCUT2D eigenvalue weighted by molar-refractivity contribution is 7.98. The molecule has 0 aliphatic heterocycles. The highest BCUT2D eigenvalue weighted by Crippen LogP contribution is 2.26. The summed E-state index contributed by atoms with van der Waals surface area (Å²) in [4.78, 5) is 11.6. The molecule has 0 saturated heterocycles. The van der Waals surface area contributed by atoms with Crippen molar-refractivity contribution in [3.05, 3.63) is 42.1 Å². The van der Waals surface area contributed by atoms with E-state index in [4.69, 9.17) is 10.5 Å². The molecule has 31 heavy (non-hydrogen) atoms. The van der Waals surface area contributed by atoms with Gasteiger partial charge in [-0.2, -0.15) is 10.1 Å². The van der Waals surface area contributed by atoms with Crippen molar-refractivity contribution in [1.29, 1.82) is 0 Å². The number of hydrogen-bond acceptors (Lipinski definition) is 9. The third-order valence-electron chi connectivity index (χ3n) is 4.32. The first-order valence-electron chi connectivity index (χ1n) is 9.52. The minimum absolute atomic E-state index is 0.0404. The topological polar surface area (TPSA) is 143 Å². The second-order valence-corrected chi connectivity index (χ2v) is 8.58. The van der Waals surface area contributed by atoms with Crippen LogP contribution in [0.3, 0.4) is 0 Å². The van der Waals surface area contributed by atoms with Crippen LogP contribution in [0.1, 0.15) is 26.5 Å². The van der Waals surface area contributed by atoms with E-state index in [1.165, 1.54) is 11.8 Å². The summed E-state index contributed by atoms with van der Waals surface area (Å²) in [5, 5.41) is 19.3. The van der Waals surface area contributed by atoms with Crippen molar-refractivity contribution >= 4 is 29.3 Å². The van der Waals surface area contributed by atoms with E-state index in [1.54, 1.807) is 6.07 Å². The molecular formula is C20H23N9OS. The molecule has 0 atom stereocenters. The van der Waals surface area contributed by atoms with Crippen molar-refractivity contribution in [2.24, 2.45) is 0 Å². The Labute approximate surface area is 183 Å². The maximum atomic E-state index is 5.79.